The summed E-state index contributed by atoms with van der Waals surface area (Å²) >= 11 is 1.37. The highest BCUT2D eigenvalue weighted by molar-refractivity contribution is 7.88. The zero-order chi connectivity index (χ0) is 10.3. The van der Waals surface area contributed by atoms with E-state index >= 15 is 0 Å². The summed E-state index contributed by atoms with van der Waals surface area (Å²) in [6.07, 6.45) is 1.34. The van der Waals surface area contributed by atoms with E-state index < -0.39 is 10.0 Å². The lowest BCUT2D eigenvalue weighted by Gasteiger charge is -2.08. The Bertz CT molecular complexity index is 475. The summed E-state index contributed by atoms with van der Waals surface area (Å²) in [6.45, 7) is 0. The van der Waals surface area contributed by atoms with E-state index in [4.69, 9.17) is 0 Å². The molecule has 0 saturated heterocycles. The van der Waals surface area contributed by atoms with Crippen LogP contribution in [0, 0.1) is 0 Å². The van der Waals surface area contributed by atoms with Gasteiger partial charge in [0.1, 0.15) is 0 Å². The Morgan fingerprint density at radius 2 is 2.29 bits per heavy atom. The van der Waals surface area contributed by atoms with Crippen LogP contribution in [-0.4, -0.2) is 20.5 Å². The molecule has 1 atom stereocenters. The van der Waals surface area contributed by atoms with Gasteiger partial charge < -0.3 is 0 Å². The van der Waals surface area contributed by atoms with Gasteiger partial charge in [-0.15, -0.1) is 11.3 Å². The number of nitrogens with one attached hydrogen (secondary N) is 1. The fraction of sp³-hybridized carbons (Fsp3) is 0.375. The second-order valence-corrected chi connectivity index (χ2v) is 5.97. The van der Waals surface area contributed by atoms with Crippen molar-refractivity contribution in [2.75, 3.05) is 6.26 Å². The maximum atomic E-state index is 11.4. The van der Waals surface area contributed by atoms with Crippen molar-refractivity contribution in [1.29, 1.82) is 0 Å². The highest BCUT2D eigenvalue weighted by Crippen LogP contribution is 2.34. The molecule has 1 N–H and O–H groups in total. The average Bonchev–Trinajstić information content (AvgIpc) is 2.54. The molecule has 76 valence electrons. The SMILES string of the molecule is CS(=O)(=O)N[C@H]1CC(=O)c2sccc21. The predicted octanol–water partition coefficient (Wildman–Crippen LogP) is 0.925. The van der Waals surface area contributed by atoms with Crippen LogP contribution in [0.15, 0.2) is 11.4 Å². The monoisotopic (exact) mass is 231 g/mol. The number of hydrogen-bond donors (Lipinski definition) is 1. The molecule has 1 aromatic heterocycles. The molecule has 0 aliphatic heterocycles. The van der Waals surface area contributed by atoms with Crippen molar-refractivity contribution in [2.24, 2.45) is 0 Å². The molecule has 0 radical (unpaired) electrons. The summed E-state index contributed by atoms with van der Waals surface area (Å²) < 4.78 is 24.5. The third-order valence-electron chi connectivity index (χ3n) is 2.07. The smallest absolute Gasteiger partial charge is 0.209 e. The number of fused-ring (bicyclic) bond motifs is 1. The number of rotatable bonds is 2. The molecule has 0 fully saturated rings. The molecule has 0 spiro atoms. The predicted molar refractivity (Wildman–Crippen MR) is 54.0 cm³/mol. The molecule has 1 aromatic rings. The average molecular weight is 231 g/mol. The Morgan fingerprint density at radius 1 is 1.57 bits per heavy atom. The van der Waals surface area contributed by atoms with Gasteiger partial charge in [-0.1, -0.05) is 0 Å². The number of ketones is 1. The van der Waals surface area contributed by atoms with Crippen molar-refractivity contribution in [2.45, 2.75) is 12.5 Å². The third-order valence-corrected chi connectivity index (χ3v) is 3.75. The van der Waals surface area contributed by atoms with Gasteiger partial charge in [0, 0.05) is 6.42 Å². The van der Waals surface area contributed by atoms with E-state index in [1.807, 2.05) is 0 Å². The normalized spacial score (nSPS) is 21.2. The van der Waals surface area contributed by atoms with Gasteiger partial charge in [-0.25, -0.2) is 13.1 Å². The summed E-state index contributed by atoms with van der Waals surface area (Å²) in [5.41, 5.74) is 0.811. The summed E-state index contributed by atoms with van der Waals surface area (Å²) in [5.74, 6) is 0.0242. The summed E-state index contributed by atoms with van der Waals surface area (Å²) in [6, 6.07) is 1.44. The zero-order valence-electron chi connectivity index (χ0n) is 7.48. The molecule has 0 saturated carbocycles. The maximum Gasteiger partial charge on any atom is 0.209 e. The maximum absolute atomic E-state index is 11.4. The van der Waals surface area contributed by atoms with Gasteiger partial charge in [0.2, 0.25) is 10.0 Å². The fourth-order valence-electron chi connectivity index (χ4n) is 1.57. The number of carbonyl (C=O) groups excluding carboxylic acids is 1. The van der Waals surface area contributed by atoms with E-state index in [9.17, 15) is 13.2 Å². The van der Waals surface area contributed by atoms with E-state index in [0.29, 0.717) is 4.88 Å². The number of thiophene rings is 1. The zero-order valence-corrected chi connectivity index (χ0v) is 9.11. The van der Waals surface area contributed by atoms with Gasteiger partial charge >= 0.3 is 0 Å². The van der Waals surface area contributed by atoms with Crippen LogP contribution >= 0.6 is 11.3 Å². The van der Waals surface area contributed by atoms with Gasteiger partial charge in [-0.3, -0.25) is 4.79 Å². The lowest BCUT2D eigenvalue weighted by molar-refractivity contribution is 0.0991. The van der Waals surface area contributed by atoms with Crippen LogP contribution in [-0.2, 0) is 10.0 Å². The molecule has 4 nitrogen and oxygen atoms in total. The fourth-order valence-corrected chi connectivity index (χ4v) is 3.21. The minimum Gasteiger partial charge on any atom is -0.293 e. The van der Waals surface area contributed by atoms with Crippen LogP contribution in [0.5, 0.6) is 0 Å². The molecule has 14 heavy (non-hydrogen) atoms. The van der Waals surface area contributed by atoms with Crippen molar-refractivity contribution < 1.29 is 13.2 Å². The summed E-state index contributed by atoms with van der Waals surface area (Å²) in [5, 5.41) is 1.80. The molecule has 0 amide bonds. The first-order valence-electron chi connectivity index (χ1n) is 4.05. The first-order chi connectivity index (χ1) is 6.47. The molecule has 1 aliphatic rings. The van der Waals surface area contributed by atoms with E-state index in [2.05, 4.69) is 4.72 Å². The van der Waals surface area contributed by atoms with E-state index in [1.165, 1.54) is 11.3 Å². The lowest BCUT2D eigenvalue weighted by Crippen LogP contribution is -2.25. The molecular formula is C8H9NO3S2. The number of hydrogen-bond acceptors (Lipinski definition) is 4. The van der Waals surface area contributed by atoms with E-state index in [-0.39, 0.29) is 18.2 Å². The highest BCUT2D eigenvalue weighted by Gasteiger charge is 2.31. The molecule has 2 rings (SSSR count). The highest BCUT2D eigenvalue weighted by atomic mass is 32.2. The minimum absolute atomic E-state index is 0.0242. The minimum atomic E-state index is -3.25. The summed E-state index contributed by atoms with van der Waals surface area (Å²) in [7, 11) is -3.25. The standard InChI is InChI=1S/C8H9NO3S2/c1-14(11,12)9-6-4-7(10)8-5(6)2-3-13-8/h2-3,6,9H,4H2,1H3/t6-/m0/s1. The Morgan fingerprint density at radius 3 is 2.93 bits per heavy atom. The number of sulfonamides is 1. The van der Waals surface area contributed by atoms with Crippen LogP contribution in [0.4, 0.5) is 0 Å². The van der Waals surface area contributed by atoms with Gasteiger partial charge in [0.15, 0.2) is 5.78 Å². The third kappa shape index (κ3) is 1.73. The van der Waals surface area contributed by atoms with E-state index in [1.54, 1.807) is 11.4 Å². The van der Waals surface area contributed by atoms with Crippen LogP contribution in [0.1, 0.15) is 27.7 Å². The summed E-state index contributed by atoms with van der Waals surface area (Å²) in [4.78, 5) is 12.1. The van der Waals surface area contributed by atoms with Gasteiger partial charge in [-0.2, -0.15) is 0 Å². The van der Waals surface area contributed by atoms with Crippen LogP contribution in [0.25, 0.3) is 0 Å². The molecule has 6 heteroatoms. The topological polar surface area (TPSA) is 63.2 Å². The molecule has 0 bridgehead atoms. The first-order valence-corrected chi connectivity index (χ1v) is 6.82. The van der Waals surface area contributed by atoms with Crippen molar-refractivity contribution in [3.8, 4) is 0 Å². The van der Waals surface area contributed by atoms with Crippen molar-refractivity contribution in [1.82, 2.24) is 4.72 Å². The quantitative estimate of drug-likeness (QED) is 0.823. The van der Waals surface area contributed by atoms with E-state index in [0.717, 1.165) is 11.8 Å². The van der Waals surface area contributed by atoms with Gasteiger partial charge in [0.05, 0.1) is 17.2 Å². The van der Waals surface area contributed by atoms with Crippen molar-refractivity contribution >= 4 is 27.1 Å². The Kier molecular flexibility index (Phi) is 2.21. The Balaban J connectivity index is 2.31. The van der Waals surface area contributed by atoms with Gasteiger partial charge in [-0.05, 0) is 17.0 Å². The second kappa shape index (κ2) is 3.15. The van der Waals surface area contributed by atoms with Crippen LogP contribution < -0.4 is 4.72 Å². The largest absolute Gasteiger partial charge is 0.293 e. The lowest BCUT2D eigenvalue weighted by atomic mass is 10.2. The first kappa shape index (κ1) is 9.82. The second-order valence-electron chi connectivity index (χ2n) is 3.27. The van der Waals surface area contributed by atoms with Crippen molar-refractivity contribution in [3.63, 3.8) is 0 Å². The molecule has 1 heterocycles. The molecular weight excluding hydrogens is 222 g/mol. The van der Waals surface area contributed by atoms with Crippen molar-refractivity contribution in [3.05, 3.63) is 21.9 Å². The van der Waals surface area contributed by atoms with Crippen LogP contribution in [0.3, 0.4) is 0 Å². The van der Waals surface area contributed by atoms with Crippen LogP contribution in [0.2, 0.25) is 0 Å². The number of carbonyl (C=O) groups is 1. The Labute approximate surface area is 86.0 Å². The molecule has 1 aliphatic carbocycles. The molecule has 0 aromatic carbocycles. The Hall–Kier alpha value is -0.720. The van der Waals surface area contributed by atoms with Gasteiger partial charge in [0.25, 0.3) is 0 Å². The molecule has 0 unspecified atom stereocenters. The number of Topliss-reactive ketones (excluding diaryl/α,β-unsaturated/α-hetero) is 1.